The zero-order valence-corrected chi connectivity index (χ0v) is 13.9. The molecule has 1 N–H and O–H groups in total. The van der Waals surface area contributed by atoms with E-state index in [2.05, 4.69) is 59.1 Å². The van der Waals surface area contributed by atoms with Gasteiger partial charge in [-0.25, -0.2) is 0 Å². The van der Waals surface area contributed by atoms with Crippen LogP contribution in [0.25, 0.3) is 0 Å². The third kappa shape index (κ3) is 3.64. The molecular formula is C19H25N3O. The van der Waals surface area contributed by atoms with Crippen LogP contribution in [-0.2, 0) is 11.3 Å². The summed E-state index contributed by atoms with van der Waals surface area (Å²) in [6.07, 6.45) is 2.12. The number of carbonyl (C=O) groups is 1. The van der Waals surface area contributed by atoms with E-state index in [1.54, 1.807) is 0 Å². The maximum atomic E-state index is 12.3. The molecule has 1 aliphatic rings. The van der Waals surface area contributed by atoms with Crippen molar-refractivity contribution in [3.8, 4) is 0 Å². The van der Waals surface area contributed by atoms with Crippen LogP contribution >= 0.6 is 0 Å². The minimum Gasteiger partial charge on any atom is -0.354 e. The van der Waals surface area contributed by atoms with Gasteiger partial charge < -0.3 is 9.88 Å². The lowest BCUT2D eigenvalue weighted by atomic mass is 10.0. The van der Waals surface area contributed by atoms with E-state index in [4.69, 9.17) is 0 Å². The van der Waals surface area contributed by atoms with E-state index in [1.807, 2.05) is 18.2 Å². The molecule has 0 bridgehead atoms. The molecule has 0 saturated heterocycles. The number of nitrogens with one attached hydrogen (secondary N) is 1. The van der Waals surface area contributed by atoms with Crippen LogP contribution in [0.3, 0.4) is 0 Å². The van der Waals surface area contributed by atoms with Crippen molar-refractivity contribution in [2.24, 2.45) is 0 Å². The molecule has 0 radical (unpaired) electrons. The van der Waals surface area contributed by atoms with Gasteiger partial charge in [0.15, 0.2) is 0 Å². The van der Waals surface area contributed by atoms with Gasteiger partial charge in [-0.15, -0.1) is 0 Å². The molecule has 0 aliphatic carbocycles. The summed E-state index contributed by atoms with van der Waals surface area (Å²) >= 11 is 0. The number of benzene rings is 1. The molecule has 2 atom stereocenters. The molecule has 3 rings (SSSR count). The normalized spacial score (nSPS) is 19.1. The third-order valence-corrected chi connectivity index (χ3v) is 4.79. The van der Waals surface area contributed by atoms with Crippen LogP contribution in [0.5, 0.6) is 0 Å². The lowest BCUT2D eigenvalue weighted by molar-refractivity contribution is -0.123. The van der Waals surface area contributed by atoms with E-state index in [-0.39, 0.29) is 11.9 Å². The summed E-state index contributed by atoms with van der Waals surface area (Å²) in [6, 6.07) is 14.8. The summed E-state index contributed by atoms with van der Waals surface area (Å²) in [5.41, 5.74) is 2.55. The van der Waals surface area contributed by atoms with Crippen LogP contribution in [0.1, 0.15) is 37.1 Å². The topological polar surface area (TPSA) is 37.3 Å². The molecule has 23 heavy (non-hydrogen) atoms. The van der Waals surface area contributed by atoms with Crippen LogP contribution in [0.4, 0.5) is 0 Å². The fourth-order valence-electron chi connectivity index (χ4n) is 3.25. The molecule has 1 amide bonds. The Labute approximate surface area is 138 Å². The molecule has 4 heteroatoms. The van der Waals surface area contributed by atoms with Gasteiger partial charge in [-0.05, 0) is 30.5 Å². The molecule has 1 aliphatic heterocycles. The van der Waals surface area contributed by atoms with Gasteiger partial charge in [-0.3, -0.25) is 9.69 Å². The highest BCUT2D eigenvalue weighted by molar-refractivity contribution is 5.78. The summed E-state index contributed by atoms with van der Waals surface area (Å²) in [6.45, 7) is 7.34. The highest BCUT2D eigenvalue weighted by Gasteiger charge is 2.24. The van der Waals surface area contributed by atoms with E-state index >= 15 is 0 Å². The van der Waals surface area contributed by atoms with Gasteiger partial charge in [-0.2, -0.15) is 0 Å². The van der Waals surface area contributed by atoms with E-state index < -0.39 is 0 Å². The summed E-state index contributed by atoms with van der Waals surface area (Å²) in [7, 11) is 0. The van der Waals surface area contributed by atoms with E-state index in [9.17, 15) is 4.79 Å². The predicted molar refractivity (Wildman–Crippen MR) is 92.3 cm³/mol. The zero-order chi connectivity index (χ0) is 16.2. The molecule has 1 aromatic carbocycles. The summed E-state index contributed by atoms with van der Waals surface area (Å²) in [4.78, 5) is 14.5. The van der Waals surface area contributed by atoms with Gasteiger partial charge in [-0.1, -0.05) is 37.3 Å². The number of fused-ring (bicyclic) bond motifs is 1. The molecule has 0 fully saturated rings. The molecular weight excluding hydrogens is 286 g/mol. The number of hydrogen-bond acceptors (Lipinski definition) is 2. The predicted octanol–water partition coefficient (Wildman–Crippen LogP) is 2.78. The fraction of sp³-hybridized carbons (Fsp3) is 0.421. The van der Waals surface area contributed by atoms with Crippen LogP contribution in [0.15, 0.2) is 48.7 Å². The average molecular weight is 311 g/mol. The molecule has 0 spiro atoms. The van der Waals surface area contributed by atoms with Gasteiger partial charge in [0.05, 0.1) is 6.54 Å². The first kappa shape index (κ1) is 15.8. The number of nitrogens with zero attached hydrogens (tertiary/aromatic N) is 2. The standard InChI is InChI=1S/C19H25N3O/c1-15(17-7-4-3-5-8-17)13-20-19(23)14-22-12-11-21-10-6-9-18(21)16(22)2/h3-10,15-16H,11-14H2,1-2H3,(H,20,23). The maximum Gasteiger partial charge on any atom is 0.234 e. The molecule has 122 valence electrons. The Bertz CT molecular complexity index is 650. The molecule has 4 nitrogen and oxygen atoms in total. The highest BCUT2D eigenvalue weighted by atomic mass is 16.2. The Kier molecular flexibility index (Phi) is 4.82. The minimum absolute atomic E-state index is 0.111. The summed E-state index contributed by atoms with van der Waals surface area (Å²) in [5, 5.41) is 3.08. The lowest BCUT2D eigenvalue weighted by Crippen LogP contribution is -2.43. The van der Waals surface area contributed by atoms with Crippen molar-refractivity contribution in [1.29, 1.82) is 0 Å². The van der Waals surface area contributed by atoms with E-state index in [0.29, 0.717) is 19.0 Å². The first-order chi connectivity index (χ1) is 11.1. The van der Waals surface area contributed by atoms with Gasteiger partial charge in [0, 0.05) is 37.6 Å². The smallest absolute Gasteiger partial charge is 0.234 e. The SMILES string of the molecule is CC(CNC(=O)CN1CCn2cccc2C1C)c1ccccc1. The quantitative estimate of drug-likeness (QED) is 0.922. The summed E-state index contributed by atoms with van der Waals surface area (Å²) in [5.74, 6) is 0.441. The van der Waals surface area contributed by atoms with Crippen LogP contribution in [0.2, 0.25) is 0 Å². The van der Waals surface area contributed by atoms with Crippen molar-refractivity contribution in [2.45, 2.75) is 32.4 Å². The van der Waals surface area contributed by atoms with Crippen molar-refractivity contribution in [2.75, 3.05) is 19.6 Å². The number of amides is 1. The Morgan fingerprint density at radius 2 is 2.00 bits per heavy atom. The van der Waals surface area contributed by atoms with E-state index in [1.165, 1.54) is 11.3 Å². The minimum atomic E-state index is 0.111. The van der Waals surface area contributed by atoms with Crippen LogP contribution < -0.4 is 5.32 Å². The monoisotopic (exact) mass is 311 g/mol. The lowest BCUT2D eigenvalue weighted by Gasteiger charge is -2.34. The zero-order valence-electron chi connectivity index (χ0n) is 13.9. The third-order valence-electron chi connectivity index (χ3n) is 4.79. The van der Waals surface area contributed by atoms with Crippen molar-refractivity contribution >= 4 is 5.91 Å². The maximum absolute atomic E-state index is 12.3. The van der Waals surface area contributed by atoms with Gasteiger partial charge in [0.25, 0.3) is 0 Å². The number of carbonyl (C=O) groups excluding carboxylic acids is 1. The molecule has 2 unspecified atom stereocenters. The fourth-order valence-corrected chi connectivity index (χ4v) is 3.25. The summed E-state index contributed by atoms with van der Waals surface area (Å²) < 4.78 is 2.27. The second kappa shape index (κ2) is 7.01. The first-order valence-electron chi connectivity index (χ1n) is 8.36. The molecule has 2 aromatic rings. The molecule has 1 aromatic heterocycles. The molecule has 0 saturated carbocycles. The van der Waals surface area contributed by atoms with Crippen molar-refractivity contribution in [3.63, 3.8) is 0 Å². The second-order valence-electron chi connectivity index (χ2n) is 6.39. The number of hydrogen-bond donors (Lipinski definition) is 1. The van der Waals surface area contributed by atoms with Crippen LogP contribution in [0, 0.1) is 0 Å². The number of rotatable bonds is 5. The average Bonchev–Trinajstić information content (AvgIpc) is 3.05. The Morgan fingerprint density at radius 1 is 1.22 bits per heavy atom. The number of aromatic nitrogens is 1. The Balaban J connectivity index is 1.50. The largest absolute Gasteiger partial charge is 0.354 e. The van der Waals surface area contributed by atoms with Crippen molar-refractivity contribution in [1.82, 2.24) is 14.8 Å². The van der Waals surface area contributed by atoms with Gasteiger partial charge >= 0.3 is 0 Å². The van der Waals surface area contributed by atoms with Crippen molar-refractivity contribution in [3.05, 3.63) is 59.9 Å². The Hall–Kier alpha value is -2.07. The van der Waals surface area contributed by atoms with Gasteiger partial charge in [0.1, 0.15) is 0 Å². The molecule has 2 heterocycles. The first-order valence-corrected chi connectivity index (χ1v) is 8.36. The van der Waals surface area contributed by atoms with E-state index in [0.717, 1.165) is 13.1 Å². The van der Waals surface area contributed by atoms with Crippen LogP contribution in [-0.4, -0.2) is 35.0 Å². The van der Waals surface area contributed by atoms with Gasteiger partial charge in [0.2, 0.25) is 5.91 Å². The second-order valence-corrected chi connectivity index (χ2v) is 6.39. The highest BCUT2D eigenvalue weighted by Crippen LogP contribution is 2.24. The Morgan fingerprint density at radius 3 is 2.78 bits per heavy atom. The van der Waals surface area contributed by atoms with Crippen molar-refractivity contribution < 1.29 is 4.79 Å².